The van der Waals surface area contributed by atoms with Gasteiger partial charge in [0.25, 0.3) is 0 Å². The lowest BCUT2D eigenvalue weighted by atomic mass is 10.2. The molecule has 0 amide bonds. The summed E-state index contributed by atoms with van der Waals surface area (Å²) in [6.45, 7) is 8.35. The first kappa shape index (κ1) is 14.6. The summed E-state index contributed by atoms with van der Waals surface area (Å²) in [7, 11) is 0. The fourth-order valence-corrected chi connectivity index (χ4v) is 2.29. The molecule has 0 bridgehead atoms. The van der Waals surface area contributed by atoms with E-state index in [4.69, 9.17) is 22.1 Å². The molecule has 6 heteroatoms. The molecule has 2 aromatic heterocycles. The Hall–Kier alpha value is -1.85. The molecule has 2 aromatic rings. The molecule has 0 aliphatic heterocycles. The molecule has 0 unspecified atom stereocenters. The van der Waals surface area contributed by atoms with Crippen molar-refractivity contribution in [2.45, 2.75) is 20.4 Å². The van der Waals surface area contributed by atoms with Crippen molar-refractivity contribution in [1.29, 1.82) is 0 Å². The van der Waals surface area contributed by atoms with Crippen molar-refractivity contribution in [2.24, 2.45) is 10.7 Å². The zero-order valence-electron chi connectivity index (χ0n) is 11.6. The Kier molecular flexibility index (Phi) is 4.42. The number of halogens is 1. The van der Waals surface area contributed by atoms with Crippen LogP contribution >= 0.6 is 11.6 Å². The second kappa shape index (κ2) is 6.07. The first-order valence-corrected chi connectivity index (χ1v) is 6.66. The highest BCUT2D eigenvalue weighted by Crippen LogP contribution is 2.26. The van der Waals surface area contributed by atoms with E-state index in [2.05, 4.69) is 16.7 Å². The summed E-state index contributed by atoms with van der Waals surface area (Å²) in [6.07, 6.45) is 3.48. The number of nitrogens with two attached hydrogens (primary N) is 1. The van der Waals surface area contributed by atoms with E-state index >= 15 is 0 Å². The van der Waals surface area contributed by atoms with Gasteiger partial charge in [-0.3, -0.25) is 9.39 Å². The average Bonchev–Trinajstić information content (AvgIpc) is 2.77. The van der Waals surface area contributed by atoms with Crippen molar-refractivity contribution in [3.05, 3.63) is 40.5 Å². The minimum Gasteiger partial charge on any atom is -0.499 e. The number of ether oxygens (including phenoxy) is 1. The molecule has 0 aliphatic carbocycles. The molecule has 0 saturated heterocycles. The number of rotatable bonds is 5. The molecule has 0 aliphatic rings. The highest BCUT2D eigenvalue weighted by atomic mass is 35.5. The number of hydrogen-bond donors (Lipinski definition) is 1. The molecule has 0 spiro atoms. The van der Waals surface area contributed by atoms with E-state index in [-0.39, 0.29) is 0 Å². The number of aryl methyl sites for hydroxylation is 1. The van der Waals surface area contributed by atoms with Crippen LogP contribution in [0.1, 0.15) is 23.9 Å². The van der Waals surface area contributed by atoms with Crippen LogP contribution in [0.4, 0.5) is 0 Å². The molecule has 2 N–H and O–H groups in total. The number of imidazole rings is 1. The molecular formula is C14H17ClN4O. The van der Waals surface area contributed by atoms with Crippen LogP contribution in [0.3, 0.4) is 0 Å². The summed E-state index contributed by atoms with van der Waals surface area (Å²) < 4.78 is 7.18. The summed E-state index contributed by atoms with van der Waals surface area (Å²) >= 11 is 6.24. The van der Waals surface area contributed by atoms with Crippen LogP contribution in [-0.2, 0) is 11.3 Å². The summed E-state index contributed by atoms with van der Waals surface area (Å²) in [5, 5.41) is 0.558. The zero-order valence-corrected chi connectivity index (χ0v) is 12.3. The first-order valence-electron chi connectivity index (χ1n) is 6.28. The Bertz CT molecular complexity index is 675. The smallest absolute Gasteiger partial charge is 0.156 e. The third kappa shape index (κ3) is 2.55. The van der Waals surface area contributed by atoms with Gasteiger partial charge in [-0.2, -0.15) is 0 Å². The van der Waals surface area contributed by atoms with E-state index in [1.165, 1.54) is 0 Å². The SMILES string of the molecule is C=N/C(=C\OCC)c1c(C)nc2c(Cl)cc(CN)cn12. The van der Waals surface area contributed by atoms with Crippen molar-refractivity contribution in [3.8, 4) is 0 Å². The maximum absolute atomic E-state index is 6.24. The number of aromatic nitrogens is 2. The minimum absolute atomic E-state index is 0.401. The van der Waals surface area contributed by atoms with E-state index in [1.807, 2.05) is 30.5 Å². The van der Waals surface area contributed by atoms with Crippen molar-refractivity contribution >= 4 is 29.7 Å². The molecule has 5 nitrogen and oxygen atoms in total. The molecule has 2 rings (SSSR count). The van der Waals surface area contributed by atoms with Crippen LogP contribution < -0.4 is 5.73 Å². The van der Waals surface area contributed by atoms with Crippen LogP contribution in [0.25, 0.3) is 11.3 Å². The van der Waals surface area contributed by atoms with E-state index < -0.39 is 0 Å². The van der Waals surface area contributed by atoms with Gasteiger partial charge in [-0.25, -0.2) is 4.98 Å². The van der Waals surface area contributed by atoms with Gasteiger partial charge in [0.1, 0.15) is 12.0 Å². The van der Waals surface area contributed by atoms with Crippen LogP contribution in [0.15, 0.2) is 23.5 Å². The van der Waals surface area contributed by atoms with E-state index in [0.29, 0.717) is 29.5 Å². The lowest BCUT2D eigenvalue weighted by molar-refractivity contribution is 0.270. The molecule has 0 fully saturated rings. The summed E-state index contributed by atoms with van der Waals surface area (Å²) in [4.78, 5) is 8.49. The van der Waals surface area contributed by atoms with Crippen LogP contribution in [0, 0.1) is 6.92 Å². The number of pyridine rings is 1. The summed E-state index contributed by atoms with van der Waals surface area (Å²) in [5.41, 5.74) is 9.50. The predicted molar refractivity (Wildman–Crippen MR) is 82.0 cm³/mol. The van der Waals surface area contributed by atoms with Gasteiger partial charge >= 0.3 is 0 Å². The van der Waals surface area contributed by atoms with Crippen molar-refractivity contribution in [1.82, 2.24) is 9.38 Å². The molecular weight excluding hydrogens is 276 g/mol. The second-order valence-corrected chi connectivity index (χ2v) is 4.66. The topological polar surface area (TPSA) is 64.9 Å². The molecule has 20 heavy (non-hydrogen) atoms. The van der Waals surface area contributed by atoms with E-state index in [0.717, 1.165) is 17.0 Å². The summed E-state index contributed by atoms with van der Waals surface area (Å²) in [5.74, 6) is 0. The molecule has 0 aromatic carbocycles. The van der Waals surface area contributed by atoms with Crippen LogP contribution in [-0.4, -0.2) is 22.7 Å². The van der Waals surface area contributed by atoms with Gasteiger partial charge < -0.3 is 10.5 Å². The molecule has 0 saturated carbocycles. The third-order valence-corrected chi connectivity index (χ3v) is 3.19. The van der Waals surface area contributed by atoms with Gasteiger partial charge in [-0.1, -0.05) is 11.6 Å². The fourth-order valence-electron chi connectivity index (χ4n) is 2.02. The number of hydrogen-bond acceptors (Lipinski definition) is 4. The largest absolute Gasteiger partial charge is 0.499 e. The van der Waals surface area contributed by atoms with Gasteiger partial charge in [0.05, 0.1) is 23.0 Å². The van der Waals surface area contributed by atoms with Crippen molar-refractivity contribution in [2.75, 3.05) is 6.61 Å². The highest BCUT2D eigenvalue weighted by molar-refractivity contribution is 6.33. The van der Waals surface area contributed by atoms with Gasteiger partial charge in [0, 0.05) is 12.7 Å². The van der Waals surface area contributed by atoms with Gasteiger partial charge in [0.2, 0.25) is 0 Å². The normalized spacial score (nSPS) is 11.9. The zero-order chi connectivity index (χ0) is 14.7. The molecule has 0 radical (unpaired) electrons. The molecule has 106 valence electrons. The van der Waals surface area contributed by atoms with E-state index in [9.17, 15) is 0 Å². The van der Waals surface area contributed by atoms with Crippen LogP contribution in [0.5, 0.6) is 0 Å². The number of aliphatic imine (C=N–C) groups is 1. The second-order valence-electron chi connectivity index (χ2n) is 4.26. The Morgan fingerprint density at radius 2 is 2.40 bits per heavy atom. The predicted octanol–water partition coefficient (Wildman–Crippen LogP) is 2.79. The van der Waals surface area contributed by atoms with Crippen LogP contribution in [0.2, 0.25) is 5.02 Å². The molecule has 0 atom stereocenters. The maximum atomic E-state index is 6.24. The van der Waals surface area contributed by atoms with Gasteiger partial charge in [-0.15, -0.1) is 0 Å². The number of nitrogens with zero attached hydrogens (tertiary/aromatic N) is 3. The van der Waals surface area contributed by atoms with Gasteiger partial charge in [0.15, 0.2) is 5.65 Å². The Labute approximate surface area is 122 Å². The Morgan fingerprint density at radius 1 is 1.65 bits per heavy atom. The van der Waals surface area contributed by atoms with Crippen molar-refractivity contribution in [3.63, 3.8) is 0 Å². The Balaban J connectivity index is 2.71. The highest BCUT2D eigenvalue weighted by Gasteiger charge is 2.15. The first-order chi connectivity index (χ1) is 9.62. The summed E-state index contributed by atoms with van der Waals surface area (Å²) in [6, 6.07) is 1.82. The van der Waals surface area contributed by atoms with Gasteiger partial charge in [-0.05, 0) is 32.2 Å². The lowest BCUT2D eigenvalue weighted by Gasteiger charge is -2.06. The quantitative estimate of drug-likeness (QED) is 0.681. The average molecular weight is 293 g/mol. The third-order valence-electron chi connectivity index (χ3n) is 2.92. The monoisotopic (exact) mass is 292 g/mol. The fraction of sp³-hybridized carbons (Fsp3) is 0.286. The maximum Gasteiger partial charge on any atom is 0.156 e. The standard InChI is InChI=1S/C14H17ClN4O/c1-4-20-8-12(17-3)13-9(2)18-14-11(15)5-10(6-16)7-19(13)14/h5,7-8H,3-4,6,16H2,1-2H3/b12-8-. The van der Waals surface area contributed by atoms with Crippen molar-refractivity contribution < 1.29 is 4.74 Å². The Morgan fingerprint density at radius 3 is 3.00 bits per heavy atom. The molecule has 2 heterocycles. The number of fused-ring (bicyclic) bond motifs is 1. The minimum atomic E-state index is 0.401. The van der Waals surface area contributed by atoms with E-state index in [1.54, 1.807) is 6.26 Å². The lowest BCUT2D eigenvalue weighted by Crippen LogP contribution is -2.01.